The summed E-state index contributed by atoms with van der Waals surface area (Å²) in [5.74, 6) is 0. The zero-order valence-corrected chi connectivity index (χ0v) is 13.1. The Hall–Kier alpha value is -0.900. The molecule has 21 heavy (non-hydrogen) atoms. The maximum absolute atomic E-state index is 3.57. The first kappa shape index (κ1) is 15.0. The lowest BCUT2D eigenvalue weighted by Gasteiger charge is -2.32. The lowest BCUT2D eigenvalue weighted by atomic mass is 10.1. The topological polar surface area (TPSA) is 18.5 Å². The highest BCUT2D eigenvalue weighted by atomic mass is 15.3. The van der Waals surface area contributed by atoms with Crippen LogP contribution in [0.3, 0.4) is 0 Å². The first-order chi connectivity index (χ1) is 10.4. The van der Waals surface area contributed by atoms with Crippen molar-refractivity contribution in [2.75, 3.05) is 39.3 Å². The number of hydrogen-bond donors (Lipinski definition) is 1. The quantitative estimate of drug-likeness (QED) is 0.810. The van der Waals surface area contributed by atoms with Gasteiger partial charge < -0.3 is 10.2 Å². The third-order valence-electron chi connectivity index (χ3n) is 4.93. The predicted octanol–water partition coefficient (Wildman–Crippen LogP) is 2.34. The standard InChI is InChI=1S/C18H29N3/c1-3-7-17(8-4-1)15-19-10-14-20-13-9-18(16-20)21-11-5-2-6-12-21/h1,3-4,7-8,18-19H,2,5-6,9-16H2. The Balaban J connectivity index is 1.31. The molecular weight excluding hydrogens is 258 g/mol. The summed E-state index contributed by atoms with van der Waals surface area (Å²) in [5.41, 5.74) is 1.38. The monoisotopic (exact) mass is 287 g/mol. The van der Waals surface area contributed by atoms with E-state index in [1.807, 2.05) is 0 Å². The highest BCUT2D eigenvalue weighted by molar-refractivity contribution is 5.14. The van der Waals surface area contributed by atoms with E-state index in [4.69, 9.17) is 0 Å². The van der Waals surface area contributed by atoms with Crippen LogP contribution in [0.5, 0.6) is 0 Å². The van der Waals surface area contributed by atoms with Crippen molar-refractivity contribution in [2.24, 2.45) is 0 Å². The molecule has 2 saturated heterocycles. The van der Waals surface area contributed by atoms with Crippen LogP contribution < -0.4 is 5.32 Å². The van der Waals surface area contributed by atoms with Crippen molar-refractivity contribution in [3.05, 3.63) is 35.9 Å². The first-order valence-electron chi connectivity index (χ1n) is 8.63. The van der Waals surface area contributed by atoms with Gasteiger partial charge in [0, 0.05) is 32.2 Å². The summed E-state index contributed by atoms with van der Waals surface area (Å²) in [6, 6.07) is 11.5. The van der Waals surface area contributed by atoms with Crippen molar-refractivity contribution >= 4 is 0 Å². The minimum Gasteiger partial charge on any atom is -0.311 e. The maximum atomic E-state index is 3.57. The highest BCUT2D eigenvalue weighted by Crippen LogP contribution is 2.19. The van der Waals surface area contributed by atoms with Crippen LogP contribution in [0.15, 0.2) is 30.3 Å². The summed E-state index contributed by atoms with van der Waals surface area (Å²) in [4.78, 5) is 5.37. The molecule has 0 radical (unpaired) electrons. The van der Waals surface area contributed by atoms with Crippen LogP contribution in [0.4, 0.5) is 0 Å². The number of rotatable bonds is 6. The van der Waals surface area contributed by atoms with E-state index in [1.54, 1.807) is 0 Å². The highest BCUT2D eigenvalue weighted by Gasteiger charge is 2.27. The molecule has 0 spiro atoms. The van der Waals surface area contributed by atoms with Crippen molar-refractivity contribution in [2.45, 2.75) is 38.3 Å². The molecule has 2 heterocycles. The second-order valence-electron chi connectivity index (χ2n) is 6.50. The fourth-order valence-electron chi connectivity index (χ4n) is 3.66. The Labute approximate surface area is 129 Å². The van der Waals surface area contributed by atoms with Gasteiger partial charge in [0.05, 0.1) is 0 Å². The molecular formula is C18H29N3. The fourth-order valence-corrected chi connectivity index (χ4v) is 3.66. The number of piperidine rings is 1. The zero-order chi connectivity index (χ0) is 14.3. The molecule has 0 aliphatic carbocycles. The third kappa shape index (κ3) is 4.53. The van der Waals surface area contributed by atoms with Gasteiger partial charge in [-0.1, -0.05) is 36.8 Å². The largest absolute Gasteiger partial charge is 0.311 e. The van der Waals surface area contributed by atoms with Gasteiger partial charge in [0.15, 0.2) is 0 Å². The van der Waals surface area contributed by atoms with Crippen LogP contribution in [0.1, 0.15) is 31.2 Å². The summed E-state index contributed by atoms with van der Waals surface area (Å²) < 4.78 is 0. The van der Waals surface area contributed by atoms with Gasteiger partial charge in [-0.2, -0.15) is 0 Å². The number of nitrogens with one attached hydrogen (secondary N) is 1. The SMILES string of the molecule is c1ccc(CNCCN2CCC(N3CCCCC3)C2)cc1. The number of likely N-dealkylation sites (tertiary alicyclic amines) is 2. The molecule has 1 atom stereocenters. The molecule has 116 valence electrons. The Bertz CT molecular complexity index is 400. The van der Waals surface area contributed by atoms with E-state index in [9.17, 15) is 0 Å². The minimum atomic E-state index is 0.833. The molecule has 0 bridgehead atoms. The van der Waals surface area contributed by atoms with E-state index in [1.165, 1.54) is 64.0 Å². The fraction of sp³-hybridized carbons (Fsp3) is 0.667. The van der Waals surface area contributed by atoms with Crippen molar-refractivity contribution in [1.82, 2.24) is 15.1 Å². The van der Waals surface area contributed by atoms with Gasteiger partial charge in [-0.05, 0) is 44.5 Å². The average molecular weight is 287 g/mol. The summed E-state index contributed by atoms with van der Waals surface area (Å²) in [6.07, 6.45) is 5.64. The van der Waals surface area contributed by atoms with Crippen LogP contribution >= 0.6 is 0 Å². The Morgan fingerprint density at radius 1 is 1.00 bits per heavy atom. The predicted molar refractivity (Wildman–Crippen MR) is 88.4 cm³/mol. The van der Waals surface area contributed by atoms with Crippen LogP contribution in [0, 0.1) is 0 Å². The molecule has 2 fully saturated rings. The normalized spacial score (nSPS) is 24.5. The molecule has 1 unspecified atom stereocenters. The second kappa shape index (κ2) is 7.92. The number of hydrogen-bond acceptors (Lipinski definition) is 3. The lowest BCUT2D eigenvalue weighted by Crippen LogP contribution is -2.41. The van der Waals surface area contributed by atoms with Crippen molar-refractivity contribution in [1.29, 1.82) is 0 Å². The van der Waals surface area contributed by atoms with Crippen molar-refractivity contribution < 1.29 is 0 Å². The van der Waals surface area contributed by atoms with Gasteiger partial charge in [-0.3, -0.25) is 4.90 Å². The van der Waals surface area contributed by atoms with E-state index < -0.39 is 0 Å². The molecule has 1 N–H and O–H groups in total. The number of nitrogens with zero attached hydrogens (tertiary/aromatic N) is 2. The van der Waals surface area contributed by atoms with Gasteiger partial charge >= 0.3 is 0 Å². The van der Waals surface area contributed by atoms with E-state index in [-0.39, 0.29) is 0 Å². The molecule has 2 aliphatic heterocycles. The van der Waals surface area contributed by atoms with Crippen molar-refractivity contribution in [3.8, 4) is 0 Å². The number of benzene rings is 1. The van der Waals surface area contributed by atoms with Gasteiger partial charge in [0.2, 0.25) is 0 Å². The van der Waals surface area contributed by atoms with E-state index in [2.05, 4.69) is 45.4 Å². The zero-order valence-electron chi connectivity index (χ0n) is 13.1. The van der Waals surface area contributed by atoms with Gasteiger partial charge in [-0.15, -0.1) is 0 Å². The van der Waals surface area contributed by atoms with Crippen LogP contribution in [-0.2, 0) is 6.54 Å². The van der Waals surface area contributed by atoms with E-state index in [0.29, 0.717) is 0 Å². The summed E-state index contributed by atoms with van der Waals surface area (Å²) in [7, 11) is 0. The third-order valence-corrected chi connectivity index (χ3v) is 4.93. The van der Waals surface area contributed by atoms with Crippen LogP contribution in [0.25, 0.3) is 0 Å². The molecule has 1 aromatic carbocycles. The molecule has 2 aliphatic rings. The molecule has 1 aromatic rings. The maximum Gasteiger partial charge on any atom is 0.0235 e. The molecule has 0 aromatic heterocycles. The summed E-state index contributed by atoms with van der Waals surface area (Å²) >= 11 is 0. The first-order valence-corrected chi connectivity index (χ1v) is 8.63. The molecule has 0 saturated carbocycles. The van der Waals surface area contributed by atoms with E-state index in [0.717, 1.165) is 19.1 Å². The van der Waals surface area contributed by atoms with E-state index >= 15 is 0 Å². The van der Waals surface area contributed by atoms with Gasteiger partial charge in [0.25, 0.3) is 0 Å². The molecule has 0 amide bonds. The van der Waals surface area contributed by atoms with Gasteiger partial charge in [-0.25, -0.2) is 0 Å². The average Bonchev–Trinajstić information content (AvgIpc) is 3.02. The Morgan fingerprint density at radius 3 is 2.62 bits per heavy atom. The second-order valence-corrected chi connectivity index (χ2v) is 6.50. The van der Waals surface area contributed by atoms with Crippen LogP contribution in [0.2, 0.25) is 0 Å². The lowest BCUT2D eigenvalue weighted by molar-refractivity contribution is 0.162. The molecule has 3 rings (SSSR count). The Morgan fingerprint density at radius 2 is 1.81 bits per heavy atom. The molecule has 3 heteroatoms. The summed E-state index contributed by atoms with van der Waals surface area (Å²) in [5, 5.41) is 3.57. The van der Waals surface area contributed by atoms with Crippen LogP contribution in [-0.4, -0.2) is 55.1 Å². The summed E-state index contributed by atoms with van der Waals surface area (Å²) in [6.45, 7) is 8.53. The smallest absolute Gasteiger partial charge is 0.0235 e. The Kier molecular flexibility index (Phi) is 5.67. The minimum absolute atomic E-state index is 0.833. The van der Waals surface area contributed by atoms with Crippen molar-refractivity contribution in [3.63, 3.8) is 0 Å². The molecule has 3 nitrogen and oxygen atoms in total. The van der Waals surface area contributed by atoms with Gasteiger partial charge in [0.1, 0.15) is 0 Å².